The summed E-state index contributed by atoms with van der Waals surface area (Å²) in [7, 11) is 0. The first-order valence-electron chi connectivity index (χ1n) is 4.62. The van der Waals surface area contributed by atoms with Crippen molar-refractivity contribution < 1.29 is 4.74 Å². The van der Waals surface area contributed by atoms with Crippen LogP contribution in [0.1, 0.15) is 33.6 Å². The Morgan fingerprint density at radius 1 is 1.67 bits per heavy atom. The molecule has 0 aromatic rings. The maximum absolute atomic E-state index is 5.89. The zero-order chi connectivity index (χ0) is 9.03. The van der Waals surface area contributed by atoms with Gasteiger partial charge in [0.2, 0.25) is 0 Å². The summed E-state index contributed by atoms with van der Waals surface area (Å²) in [5.41, 5.74) is 0. The van der Waals surface area contributed by atoms with Crippen LogP contribution in [0.2, 0.25) is 5.32 Å². The second kappa shape index (κ2) is 4.90. The van der Waals surface area contributed by atoms with Gasteiger partial charge in [0, 0.05) is 0 Å². The van der Waals surface area contributed by atoms with Crippen molar-refractivity contribution >= 4 is 26.7 Å². The second-order valence-electron chi connectivity index (χ2n) is 3.30. The fourth-order valence-electron chi connectivity index (χ4n) is 1.18. The Labute approximate surface area is 86.2 Å². The van der Waals surface area contributed by atoms with Gasteiger partial charge in [-0.25, -0.2) is 0 Å². The summed E-state index contributed by atoms with van der Waals surface area (Å²) in [6.45, 7) is 6.69. The molecule has 1 fully saturated rings. The van der Waals surface area contributed by atoms with E-state index in [1.807, 2.05) is 11.8 Å². The number of hydrogen-bond acceptors (Lipinski definition) is 2. The molecule has 1 heterocycles. The molecule has 0 aromatic carbocycles. The van der Waals surface area contributed by atoms with Gasteiger partial charge in [-0.3, -0.25) is 0 Å². The van der Waals surface area contributed by atoms with E-state index in [0.717, 1.165) is 0 Å². The molecule has 2 atom stereocenters. The molecule has 3 heteroatoms. The normalized spacial score (nSPS) is 35.8. The average molecular weight is 253 g/mol. The van der Waals surface area contributed by atoms with E-state index in [1.165, 1.54) is 23.9 Å². The zero-order valence-corrected chi connectivity index (χ0v) is 10.7. The summed E-state index contributed by atoms with van der Waals surface area (Å²) in [6.07, 6.45) is 3.13. The van der Waals surface area contributed by atoms with Crippen molar-refractivity contribution in [2.75, 3.05) is 5.75 Å². The Morgan fingerprint density at radius 3 is 2.92 bits per heavy atom. The van der Waals surface area contributed by atoms with Gasteiger partial charge in [-0.2, -0.15) is 0 Å². The van der Waals surface area contributed by atoms with Crippen molar-refractivity contribution in [1.29, 1.82) is 0 Å². The van der Waals surface area contributed by atoms with Gasteiger partial charge in [-0.15, -0.1) is 0 Å². The third-order valence-electron chi connectivity index (χ3n) is 1.86. The Balaban J connectivity index is 2.21. The first kappa shape index (κ1) is 10.9. The predicted molar refractivity (Wildman–Crippen MR) is 56.9 cm³/mol. The standard InChI is InChI=1S/C9H18OSSe/c1-4-5-6-11-9(3)10-8(2)7-12-9/h8H,4-7H2,1-3H3/t8-,9-/m0/s1. The third kappa shape index (κ3) is 3.29. The molecule has 1 nitrogen and oxygen atoms in total. The van der Waals surface area contributed by atoms with E-state index in [-0.39, 0.29) is 3.83 Å². The molecule has 0 amide bonds. The zero-order valence-electron chi connectivity index (χ0n) is 8.13. The third-order valence-corrected chi connectivity index (χ3v) is 6.96. The van der Waals surface area contributed by atoms with Crippen LogP contribution in [0.4, 0.5) is 0 Å². The average Bonchev–Trinajstić information content (AvgIpc) is 2.32. The fraction of sp³-hybridized carbons (Fsp3) is 1.00. The molecule has 0 aromatic heterocycles. The molecule has 0 radical (unpaired) electrons. The van der Waals surface area contributed by atoms with E-state index >= 15 is 0 Å². The molecule has 72 valence electrons. The van der Waals surface area contributed by atoms with Gasteiger partial charge in [0.05, 0.1) is 0 Å². The Bertz CT molecular complexity index is 142. The molecule has 1 rings (SSSR count). The molecule has 1 saturated heterocycles. The first-order valence-corrected chi connectivity index (χ1v) is 7.67. The topological polar surface area (TPSA) is 9.23 Å². The van der Waals surface area contributed by atoms with Crippen LogP contribution in [-0.2, 0) is 4.74 Å². The first-order chi connectivity index (χ1) is 5.66. The van der Waals surface area contributed by atoms with E-state index in [4.69, 9.17) is 4.74 Å². The van der Waals surface area contributed by atoms with E-state index in [0.29, 0.717) is 21.1 Å². The van der Waals surface area contributed by atoms with Crippen LogP contribution in [0.25, 0.3) is 0 Å². The van der Waals surface area contributed by atoms with Crippen LogP contribution in [0.15, 0.2) is 0 Å². The molecule has 0 unspecified atom stereocenters. The Hall–Kier alpha value is 0.829. The summed E-state index contributed by atoms with van der Waals surface area (Å²) < 4.78 is 6.08. The van der Waals surface area contributed by atoms with E-state index in [1.54, 1.807) is 0 Å². The van der Waals surface area contributed by atoms with Crippen LogP contribution >= 0.6 is 11.8 Å². The number of rotatable bonds is 4. The second-order valence-corrected chi connectivity index (χ2v) is 8.30. The fourth-order valence-corrected chi connectivity index (χ4v) is 5.46. The van der Waals surface area contributed by atoms with Crippen molar-refractivity contribution in [1.82, 2.24) is 0 Å². The Kier molecular flexibility index (Phi) is 4.45. The van der Waals surface area contributed by atoms with Crippen LogP contribution in [0.5, 0.6) is 0 Å². The summed E-state index contributed by atoms with van der Waals surface area (Å²) in [5, 5.41) is 1.29. The summed E-state index contributed by atoms with van der Waals surface area (Å²) in [6, 6.07) is 0. The van der Waals surface area contributed by atoms with Crippen molar-refractivity contribution in [2.24, 2.45) is 0 Å². The van der Waals surface area contributed by atoms with Gasteiger partial charge in [0.15, 0.2) is 0 Å². The monoisotopic (exact) mass is 254 g/mol. The van der Waals surface area contributed by atoms with Crippen molar-refractivity contribution in [3.8, 4) is 0 Å². The van der Waals surface area contributed by atoms with Crippen LogP contribution in [0, 0.1) is 0 Å². The van der Waals surface area contributed by atoms with Gasteiger partial charge >= 0.3 is 86.1 Å². The molecule has 12 heavy (non-hydrogen) atoms. The van der Waals surface area contributed by atoms with Gasteiger partial charge in [0.1, 0.15) is 0 Å². The summed E-state index contributed by atoms with van der Waals surface area (Å²) in [4.78, 5) is 0. The molecule has 0 N–H and O–H groups in total. The van der Waals surface area contributed by atoms with E-state index in [2.05, 4.69) is 20.8 Å². The summed E-state index contributed by atoms with van der Waals surface area (Å²) in [5.74, 6) is 1.27. The predicted octanol–water partition coefficient (Wildman–Crippen LogP) is 2.73. The minimum absolute atomic E-state index is 0.196. The molecule has 0 spiro atoms. The molecule has 0 bridgehead atoms. The van der Waals surface area contributed by atoms with Crippen LogP contribution < -0.4 is 0 Å². The summed E-state index contributed by atoms with van der Waals surface area (Å²) >= 11 is 2.71. The van der Waals surface area contributed by atoms with Crippen LogP contribution in [-0.4, -0.2) is 30.6 Å². The number of ether oxygens (including phenoxy) is 1. The number of unbranched alkanes of at least 4 members (excludes halogenated alkanes) is 1. The van der Waals surface area contributed by atoms with Gasteiger partial charge in [-0.1, -0.05) is 0 Å². The molecule has 0 aliphatic carbocycles. The number of hydrogen-bond donors (Lipinski definition) is 0. The molecular formula is C9H18OSSe. The molecule has 0 saturated carbocycles. The maximum atomic E-state index is 5.89. The van der Waals surface area contributed by atoms with Crippen molar-refractivity contribution in [2.45, 2.75) is 48.9 Å². The van der Waals surface area contributed by atoms with Gasteiger partial charge < -0.3 is 0 Å². The van der Waals surface area contributed by atoms with E-state index in [9.17, 15) is 0 Å². The SMILES string of the molecule is CCCCS[C@]1(C)O[C@@H](C)C[Se]1. The minimum atomic E-state index is 0.196. The van der Waals surface area contributed by atoms with Crippen molar-refractivity contribution in [3.63, 3.8) is 0 Å². The molecule has 1 aliphatic rings. The molecular weight excluding hydrogens is 235 g/mol. The Morgan fingerprint density at radius 2 is 2.42 bits per heavy atom. The van der Waals surface area contributed by atoms with Crippen LogP contribution in [0.3, 0.4) is 0 Å². The van der Waals surface area contributed by atoms with E-state index < -0.39 is 0 Å². The molecule has 1 aliphatic heterocycles. The van der Waals surface area contributed by atoms with Crippen molar-refractivity contribution in [3.05, 3.63) is 0 Å². The van der Waals surface area contributed by atoms with Gasteiger partial charge in [0.25, 0.3) is 0 Å². The quantitative estimate of drug-likeness (QED) is 0.563. The van der Waals surface area contributed by atoms with Gasteiger partial charge in [-0.05, 0) is 0 Å². The number of thioether (sulfide) groups is 1.